The molecule has 0 aromatic rings. The molecule has 0 aliphatic rings. The second-order valence-corrected chi connectivity index (χ2v) is 9.34. The molecule has 0 aromatic heterocycles. The molecule has 0 fully saturated rings. The molecule has 0 aliphatic heterocycles. The van der Waals surface area contributed by atoms with Gasteiger partial charge in [0.2, 0.25) is 0 Å². The first-order chi connectivity index (χ1) is 19.8. The summed E-state index contributed by atoms with van der Waals surface area (Å²) in [4.78, 5) is 0. The van der Waals surface area contributed by atoms with Gasteiger partial charge in [-0.1, -0.05) is 33.1 Å². The van der Waals surface area contributed by atoms with Crippen molar-refractivity contribution in [3.8, 4) is 0 Å². The smallest absolute Gasteiger partial charge is 0.759 e. The third-order valence-electron chi connectivity index (χ3n) is 5.11. The van der Waals surface area contributed by atoms with Crippen LogP contribution < -0.4 is 59.1 Å². The number of ether oxygens (including phenoxy) is 9. The first-order valence-electron chi connectivity index (χ1n) is 14.3. The minimum atomic E-state index is -5.17. The van der Waals surface area contributed by atoms with E-state index in [0.717, 1.165) is 6.61 Å². The minimum absolute atomic E-state index is 0. The number of rotatable bonds is 32. The zero-order valence-electron chi connectivity index (χ0n) is 27.0. The average Bonchev–Trinajstić information content (AvgIpc) is 2.93. The standard InChI is InChI=1S/C26H54O10.2Na.H2O4S/c1-3-5-6-26(4-2)25-36-24-23-35-22-21-34-20-19-33-18-17-32-16-15-31-14-13-30-12-11-29-10-9-28-8-7-27;;;1-5(2,3)4/h26-27H,3-25H2,1-2H3;;;(H2,1,2,3,4)/q;2*+1;/p-2. The van der Waals surface area contributed by atoms with Gasteiger partial charge in [-0.3, -0.25) is 8.42 Å². The van der Waals surface area contributed by atoms with Gasteiger partial charge in [0, 0.05) is 17.0 Å². The van der Waals surface area contributed by atoms with Crippen molar-refractivity contribution in [3.05, 3.63) is 0 Å². The molecular formula is C26H54Na2O14S. The molecule has 14 nitrogen and oxygen atoms in total. The van der Waals surface area contributed by atoms with Crippen LogP contribution in [0.4, 0.5) is 0 Å². The van der Waals surface area contributed by atoms with Gasteiger partial charge in [-0.2, -0.15) is 0 Å². The van der Waals surface area contributed by atoms with E-state index in [4.69, 9.17) is 65.3 Å². The molecule has 250 valence electrons. The van der Waals surface area contributed by atoms with Crippen LogP contribution >= 0.6 is 0 Å². The van der Waals surface area contributed by atoms with Crippen molar-refractivity contribution >= 4 is 10.4 Å². The Bertz CT molecular complexity index is 586. The summed E-state index contributed by atoms with van der Waals surface area (Å²) in [6.45, 7) is 14.3. The van der Waals surface area contributed by atoms with Crippen LogP contribution in [0.3, 0.4) is 0 Å². The van der Waals surface area contributed by atoms with E-state index in [2.05, 4.69) is 13.8 Å². The molecule has 1 unspecified atom stereocenters. The maximum absolute atomic E-state index is 8.56. The Morgan fingerprint density at radius 1 is 0.535 bits per heavy atom. The molecule has 0 rings (SSSR count). The van der Waals surface area contributed by atoms with Crippen LogP contribution in [-0.4, -0.2) is 148 Å². The van der Waals surface area contributed by atoms with E-state index in [1.165, 1.54) is 25.7 Å². The topological polar surface area (TPSA) is 184 Å². The fourth-order valence-corrected chi connectivity index (χ4v) is 2.97. The molecule has 0 radical (unpaired) electrons. The summed E-state index contributed by atoms with van der Waals surface area (Å²) in [5.74, 6) is 0.671. The van der Waals surface area contributed by atoms with E-state index in [0.29, 0.717) is 118 Å². The Morgan fingerprint density at radius 2 is 0.791 bits per heavy atom. The van der Waals surface area contributed by atoms with Gasteiger partial charge in [0.05, 0.1) is 119 Å². The maximum Gasteiger partial charge on any atom is 1.00 e. The summed E-state index contributed by atoms with van der Waals surface area (Å²) in [6, 6.07) is 0. The van der Waals surface area contributed by atoms with Crippen LogP contribution in [0.2, 0.25) is 0 Å². The zero-order chi connectivity index (χ0) is 30.7. The van der Waals surface area contributed by atoms with E-state index < -0.39 is 10.4 Å². The summed E-state index contributed by atoms with van der Waals surface area (Å²) >= 11 is 0. The fourth-order valence-electron chi connectivity index (χ4n) is 2.97. The quantitative estimate of drug-likeness (QED) is 0.0311. The van der Waals surface area contributed by atoms with Gasteiger partial charge < -0.3 is 56.8 Å². The van der Waals surface area contributed by atoms with Gasteiger partial charge in [0.1, 0.15) is 0 Å². The van der Waals surface area contributed by atoms with Crippen LogP contribution in [0, 0.1) is 5.92 Å². The third kappa shape index (κ3) is 56.2. The Kier molecular flexibility index (Phi) is 51.9. The molecule has 0 saturated heterocycles. The van der Waals surface area contributed by atoms with E-state index in [1.54, 1.807) is 0 Å². The van der Waals surface area contributed by atoms with Crippen molar-refractivity contribution in [3.63, 3.8) is 0 Å². The predicted octanol–water partition coefficient (Wildman–Crippen LogP) is -4.99. The molecule has 0 saturated carbocycles. The maximum atomic E-state index is 8.56. The molecule has 0 amide bonds. The molecule has 17 heteroatoms. The Morgan fingerprint density at radius 3 is 1.02 bits per heavy atom. The van der Waals surface area contributed by atoms with Crippen LogP contribution in [0.5, 0.6) is 0 Å². The summed E-state index contributed by atoms with van der Waals surface area (Å²) in [7, 11) is -5.17. The predicted molar refractivity (Wildman–Crippen MR) is 148 cm³/mol. The van der Waals surface area contributed by atoms with E-state index in [9.17, 15) is 0 Å². The fraction of sp³-hybridized carbons (Fsp3) is 1.00. The minimum Gasteiger partial charge on any atom is -0.759 e. The molecule has 0 bridgehead atoms. The van der Waals surface area contributed by atoms with Crippen LogP contribution in [-0.2, 0) is 53.0 Å². The van der Waals surface area contributed by atoms with E-state index >= 15 is 0 Å². The van der Waals surface area contributed by atoms with Crippen LogP contribution in [0.25, 0.3) is 0 Å². The molecule has 0 aromatic carbocycles. The zero-order valence-corrected chi connectivity index (χ0v) is 31.8. The van der Waals surface area contributed by atoms with Gasteiger partial charge >= 0.3 is 59.1 Å². The molecule has 43 heavy (non-hydrogen) atoms. The van der Waals surface area contributed by atoms with Crippen LogP contribution in [0.1, 0.15) is 39.5 Å². The van der Waals surface area contributed by atoms with E-state index in [1.807, 2.05) is 0 Å². The second kappa shape index (κ2) is 43.5. The summed E-state index contributed by atoms with van der Waals surface area (Å²) in [5.41, 5.74) is 0. The average molecular weight is 669 g/mol. The number of hydrogen-bond donors (Lipinski definition) is 1. The first kappa shape index (κ1) is 51.3. The molecule has 0 heterocycles. The van der Waals surface area contributed by atoms with Crippen molar-refractivity contribution in [1.82, 2.24) is 0 Å². The second-order valence-electron chi connectivity index (χ2n) is 8.52. The normalized spacial score (nSPS) is 11.7. The van der Waals surface area contributed by atoms with Gasteiger partial charge in [0.15, 0.2) is 0 Å². The molecule has 1 N–H and O–H groups in total. The molecular weight excluding hydrogens is 614 g/mol. The summed E-state index contributed by atoms with van der Waals surface area (Å²) in [5, 5.41) is 8.56. The number of aliphatic hydroxyl groups is 1. The van der Waals surface area contributed by atoms with Gasteiger partial charge in [-0.05, 0) is 12.3 Å². The monoisotopic (exact) mass is 668 g/mol. The van der Waals surface area contributed by atoms with Gasteiger partial charge in [-0.25, -0.2) is 0 Å². The van der Waals surface area contributed by atoms with E-state index in [-0.39, 0.29) is 65.7 Å². The molecule has 0 spiro atoms. The number of unbranched alkanes of at least 4 members (excludes halogenated alkanes) is 1. The van der Waals surface area contributed by atoms with Crippen molar-refractivity contribution in [2.45, 2.75) is 39.5 Å². The Hall–Kier alpha value is 1.47. The van der Waals surface area contributed by atoms with Gasteiger partial charge in [0.25, 0.3) is 0 Å². The summed E-state index contributed by atoms with van der Waals surface area (Å²) in [6.07, 6.45) is 4.96. The number of aliphatic hydroxyl groups excluding tert-OH is 1. The largest absolute Gasteiger partial charge is 1.00 e. The third-order valence-corrected chi connectivity index (χ3v) is 5.11. The summed E-state index contributed by atoms with van der Waals surface area (Å²) < 4.78 is 83.0. The SMILES string of the molecule is CCCCC(CC)COCCOCCOCCOCCOCCOCCOCCOCCOCCO.O=S(=O)([O-])[O-].[Na+].[Na+]. The van der Waals surface area contributed by atoms with Crippen molar-refractivity contribution in [2.24, 2.45) is 5.92 Å². The van der Waals surface area contributed by atoms with Crippen molar-refractivity contribution in [1.29, 1.82) is 0 Å². The van der Waals surface area contributed by atoms with Gasteiger partial charge in [-0.15, -0.1) is 0 Å². The first-order valence-corrected chi connectivity index (χ1v) is 15.7. The molecule has 0 aliphatic carbocycles. The van der Waals surface area contributed by atoms with Crippen LogP contribution in [0.15, 0.2) is 0 Å². The molecule has 1 atom stereocenters. The Balaban J connectivity index is -0.000000996. The Labute approximate surface area is 303 Å². The number of hydrogen-bond acceptors (Lipinski definition) is 14. The van der Waals surface area contributed by atoms with Crippen molar-refractivity contribution < 1.29 is 124 Å². The van der Waals surface area contributed by atoms with Crippen molar-refractivity contribution in [2.75, 3.05) is 126 Å².